The molecule has 0 radical (unpaired) electrons. The van der Waals surface area contributed by atoms with Gasteiger partial charge in [0.25, 0.3) is 0 Å². The highest BCUT2D eigenvalue weighted by Gasteiger charge is 2.20. The maximum absolute atomic E-state index is 14.4. The molecular formula is C16H17F2NO2. The molecule has 1 N–H and O–H groups in total. The van der Waals surface area contributed by atoms with Gasteiger partial charge in [-0.15, -0.1) is 0 Å². The first kappa shape index (κ1) is 15.3. The van der Waals surface area contributed by atoms with Gasteiger partial charge < -0.3 is 14.8 Å². The lowest BCUT2D eigenvalue weighted by Crippen LogP contribution is -2.19. The SMILES string of the molecule is CNC(c1ccc(OC)c(F)c1)c1cccc(OC)c1F. The second-order valence-corrected chi connectivity index (χ2v) is 4.48. The molecule has 2 aromatic carbocycles. The van der Waals surface area contributed by atoms with Gasteiger partial charge in [0.2, 0.25) is 0 Å². The lowest BCUT2D eigenvalue weighted by atomic mass is 9.97. The first-order chi connectivity index (χ1) is 10.1. The number of halogens is 2. The van der Waals surface area contributed by atoms with Crippen LogP contribution in [0.2, 0.25) is 0 Å². The zero-order valence-corrected chi connectivity index (χ0v) is 12.1. The van der Waals surface area contributed by atoms with E-state index < -0.39 is 17.7 Å². The molecule has 0 spiro atoms. The number of rotatable bonds is 5. The minimum Gasteiger partial charge on any atom is -0.494 e. The van der Waals surface area contributed by atoms with Crippen LogP contribution in [-0.4, -0.2) is 21.3 Å². The van der Waals surface area contributed by atoms with E-state index in [1.165, 1.54) is 26.4 Å². The summed E-state index contributed by atoms with van der Waals surface area (Å²) in [6.07, 6.45) is 0. The molecule has 21 heavy (non-hydrogen) atoms. The molecule has 0 bridgehead atoms. The number of hydrogen-bond acceptors (Lipinski definition) is 3. The third-order valence-electron chi connectivity index (χ3n) is 3.32. The van der Waals surface area contributed by atoms with Crippen LogP contribution in [0.15, 0.2) is 36.4 Å². The molecule has 3 nitrogen and oxygen atoms in total. The third kappa shape index (κ3) is 2.97. The Hall–Kier alpha value is -2.14. The average molecular weight is 293 g/mol. The van der Waals surface area contributed by atoms with Gasteiger partial charge in [0, 0.05) is 5.56 Å². The quantitative estimate of drug-likeness (QED) is 0.917. The molecule has 0 saturated carbocycles. The van der Waals surface area contributed by atoms with Gasteiger partial charge in [0.05, 0.1) is 20.3 Å². The number of benzene rings is 2. The minimum atomic E-state index is -0.487. The van der Waals surface area contributed by atoms with Gasteiger partial charge in [-0.05, 0) is 30.8 Å². The first-order valence-electron chi connectivity index (χ1n) is 6.45. The average Bonchev–Trinajstić information content (AvgIpc) is 2.50. The van der Waals surface area contributed by atoms with Crippen molar-refractivity contribution >= 4 is 0 Å². The summed E-state index contributed by atoms with van der Waals surface area (Å²) in [4.78, 5) is 0. The lowest BCUT2D eigenvalue weighted by molar-refractivity contribution is 0.381. The fraction of sp³-hybridized carbons (Fsp3) is 0.250. The van der Waals surface area contributed by atoms with Crippen LogP contribution < -0.4 is 14.8 Å². The Bertz CT molecular complexity index is 632. The van der Waals surface area contributed by atoms with Gasteiger partial charge in [-0.3, -0.25) is 0 Å². The Labute approximate surface area is 122 Å². The van der Waals surface area contributed by atoms with Gasteiger partial charge in [-0.2, -0.15) is 0 Å². The van der Waals surface area contributed by atoms with Gasteiger partial charge in [0.15, 0.2) is 23.1 Å². The zero-order valence-electron chi connectivity index (χ0n) is 12.1. The van der Waals surface area contributed by atoms with E-state index in [0.717, 1.165) is 0 Å². The Morgan fingerprint density at radius 3 is 2.29 bits per heavy atom. The topological polar surface area (TPSA) is 30.5 Å². The Balaban J connectivity index is 2.47. The minimum absolute atomic E-state index is 0.153. The van der Waals surface area contributed by atoms with Gasteiger partial charge >= 0.3 is 0 Å². The van der Waals surface area contributed by atoms with E-state index >= 15 is 0 Å². The molecule has 0 aliphatic carbocycles. The summed E-state index contributed by atoms with van der Waals surface area (Å²) in [6, 6.07) is 8.94. The van der Waals surface area contributed by atoms with E-state index in [1.54, 1.807) is 31.3 Å². The van der Waals surface area contributed by atoms with Crippen molar-refractivity contribution in [2.24, 2.45) is 0 Å². The lowest BCUT2D eigenvalue weighted by Gasteiger charge is -2.19. The molecule has 0 aliphatic heterocycles. The van der Waals surface area contributed by atoms with Crippen molar-refractivity contribution in [3.05, 3.63) is 59.2 Å². The van der Waals surface area contributed by atoms with Crippen LogP contribution in [0.4, 0.5) is 8.78 Å². The van der Waals surface area contributed by atoms with E-state index in [-0.39, 0.29) is 11.5 Å². The van der Waals surface area contributed by atoms with Crippen LogP contribution in [0, 0.1) is 11.6 Å². The van der Waals surface area contributed by atoms with E-state index in [2.05, 4.69) is 5.32 Å². The maximum Gasteiger partial charge on any atom is 0.170 e. The molecule has 0 amide bonds. The molecule has 1 unspecified atom stereocenters. The summed E-state index contributed by atoms with van der Waals surface area (Å²) in [5.74, 6) is -0.643. The summed E-state index contributed by atoms with van der Waals surface area (Å²) in [5, 5.41) is 2.99. The summed E-state index contributed by atoms with van der Waals surface area (Å²) in [6.45, 7) is 0. The predicted octanol–water partition coefficient (Wildman–Crippen LogP) is 3.29. The molecule has 0 fully saturated rings. The van der Waals surface area contributed by atoms with Crippen molar-refractivity contribution in [3.63, 3.8) is 0 Å². The van der Waals surface area contributed by atoms with Crippen LogP contribution in [0.1, 0.15) is 17.2 Å². The van der Waals surface area contributed by atoms with E-state index in [1.807, 2.05) is 0 Å². The predicted molar refractivity (Wildman–Crippen MR) is 76.8 cm³/mol. The molecule has 5 heteroatoms. The van der Waals surface area contributed by atoms with Crippen LogP contribution in [0.3, 0.4) is 0 Å². The third-order valence-corrected chi connectivity index (χ3v) is 3.32. The van der Waals surface area contributed by atoms with Crippen LogP contribution >= 0.6 is 0 Å². The largest absolute Gasteiger partial charge is 0.494 e. The highest BCUT2D eigenvalue weighted by atomic mass is 19.1. The summed E-state index contributed by atoms with van der Waals surface area (Å²) >= 11 is 0. The maximum atomic E-state index is 14.4. The molecule has 2 rings (SSSR count). The van der Waals surface area contributed by atoms with E-state index in [9.17, 15) is 8.78 Å². The van der Waals surface area contributed by atoms with Crippen molar-refractivity contribution in [1.29, 1.82) is 0 Å². The van der Waals surface area contributed by atoms with Gasteiger partial charge in [0.1, 0.15) is 0 Å². The Kier molecular flexibility index (Phi) is 4.75. The Morgan fingerprint density at radius 2 is 1.71 bits per heavy atom. The van der Waals surface area contributed by atoms with E-state index in [0.29, 0.717) is 11.1 Å². The smallest absolute Gasteiger partial charge is 0.170 e. The number of methoxy groups -OCH3 is 2. The van der Waals surface area contributed by atoms with Crippen molar-refractivity contribution in [1.82, 2.24) is 5.32 Å². The second kappa shape index (κ2) is 6.54. The van der Waals surface area contributed by atoms with E-state index in [4.69, 9.17) is 9.47 Å². The molecule has 1 atom stereocenters. The van der Waals surface area contributed by atoms with Crippen LogP contribution in [-0.2, 0) is 0 Å². The van der Waals surface area contributed by atoms with Gasteiger partial charge in [-0.25, -0.2) is 8.78 Å². The monoisotopic (exact) mass is 293 g/mol. The second-order valence-electron chi connectivity index (χ2n) is 4.48. The fourth-order valence-electron chi connectivity index (χ4n) is 2.27. The van der Waals surface area contributed by atoms with Crippen molar-refractivity contribution in [2.75, 3.05) is 21.3 Å². The van der Waals surface area contributed by atoms with Crippen LogP contribution in [0.5, 0.6) is 11.5 Å². The Morgan fingerprint density at radius 1 is 1.00 bits per heavy atom. The fourth-order valence-corrected chi connectivity index (χ4v) is 2.27. The zero-order chi connectivity index (χ0) is 15.4. The molecule has 0 heterocycles. The van der Waals surface area contributed by atoms with Crippen LogP contribution in [0.25, 0.3) is 0 Å². The summed E-state index contributed by atoms with van der Waals surface area (Å²) < 4.78 is 38.1. The molecule has 112 valence electrons. The first-order valence-corrected chi connectivity index (χ1v) is 6.45. The number of hydrogen-bond donors (Lipinski definition) is 1. The molecule has 2 aromatic rings. The molecule has 0 saturated heterocycles. The normalized spacial score (nSPS) is 12.0. The van der Waals surface area contributed by atoms with Gasteiger partial charge in [-0.1, -0.05) is 18.2 Å². The highest BCUT2D eigenvalue weighted by molar-refractivity contribution is 5.40. The molecular weight excluding hydrogens is 276 g/mol. The molecule has 0 aromatic heterocycles. The van der Waals surface area contributed by atoms with Crippen molar-refractivity contribution < 1.29 is 18.3 Å². The summed E-state index contributed by atoms with van der Waals surface area (Å²) in [5.41, 5.74) is 0.990. The summed E-state index contributed by atoms with van der Waals surface area (Å²) in [7, 11) is 4.49. The standard InChI is InChI=1S/C16H17F2NO2/c1-19-16(10-7-8-13(20-2)12(17)9-10)11-5-4-6-14(21-3)15(11)18/h4-9,16,19H,1-3H3. The number of nitrogens with one attached hydrogen (secondary N) is 1. The highest BCUT2D eigenvalue weighted by Crippen LogP contribution is 2.30. The van der Waals surface area contributed by atoms with Crippen molar-refractivity contribution in [2.45, 2.75) is 6.04 Å². The van der Waals surface area contributed by atoms with Crippen molar-refractivity contribution in [3.8, 4) is 11.5 Å². The molecule has 0 aliphatic rings. The number of ether oxygens (including phenoxy) is 2.